The van der Waals surface area contributed by atoms with Crippen LogP contribution in [0.25, 0.3) is 0 Å². The molecule has 2 N–H and O–H groups in total. The highest BCUT2D eigenvalue weighted by Crippen LogP contribution is 2.27. The zero-order chi connectivity index (χ0) is 28.0. The molecule has 0 aliphatic rings. The number of aryl methyl sites for hydroxylation is 1. The summed E-state index contributed by atoms with van der Waals surface area (Å²) in [6.07, 6.45) is 6.30. The van der Waals surface area contributed by atoms with Crippen molar-refractivity contribution in [3.63, 3.8) is 0 Å². The van der Waals surface area contributed by atoms with Gasteiger partial charge in [0.05, 0.1) is 0 Å². The molecular weight excluding hydrogens is 466 g/mol. The van der Waals surface area contributed by atoms with Gasteiger partial charge < -0.3 is 20.3 Å². The lowest BCUT2D eigenvalue weighted by Gasteiger charge is -2.36. The van der Waals surface area contributed by atoms with Crippen LogP contribution in [0, 0.1) is 12.8 Å². The van der Waals surface area contributed by atoms with Crippen LogP contribution < -0.4 is 10.6 Å². The second kappa shape index (κ2) is 16.3. The molecule has 7 nitrogen and oxygen atoms in total. The first-order valence-electron chi connectivity index (χ1n) is 14.1. The van der Waals surface area contributed by atoms with E-state index < -0.39 is 23.8 Å². The fraction of sp³-hybridized carbons (Fsp3) is 0.700. The van der Waals surface area contributed by atoms with Crippen molar-refractivity contribution >= 4 is 17.9 Å². The summed E-state index contributed by atoms with van der Waals surface area (Å²) in [5, 5.41) is 5.84. The summed E-state index contributed by atoms with van der Waals surface area (Å²) >= 11 is 0. The average Bonchev–Trinajstić information content (AvgIpc) is 2.81. The van der Waals surface area contributed by atoms with Crippen LogP contribution in [0.15, 0.2) is 24.3 Å². The summed E-state index contributed by atoms with van der Waals surface area (Å²) < 4.78 is 5.45. The number of hydrogen-bond donors (Lipinski definition) is 2. The van der Waals surface area contributed by atoms with Gasteiger partial charge in [-0.25, -0.2) is 4.79 Å². The number of nitrogens with zero attached hydrogens (tertiary/aromatic N) is 1. The number of rotatable bonds is 15. The van der Waals surface area contributed by atoms with Crippen LogP contribution in [0.4, 0.5) is 4.79 Å². The number of alkyl carbamates (subject to hydrolysis) is 1. The summed E-state index contributed by atoms with van der Waals surface area (Å²) in [5.74, 6) is -0.650. The Hall–Kier alpha value is -2.57. The van der Waals surface area contributed by atoms with Crippen LogP contribution in [-0.2, 0) is 14.3 Å². The predicted octanol–water partition coefficient (Wildman–Crippen LogP) is 6.30. The molecule has 210 valence electrons. The molecule has 0 saturated carbocycles. The molecule has 0 radical (unpaired) electrons. The zero-order valence-electron chi connectivity index (χ0n) is 24.5. The number of ether oxygens (including phenoxy) is 1. The molecule has 0 spiro atoms. The highest BCUT2D eigenvalue weighted by Gasteiger charge is 2.37. The molecule has 2 unspecified atom stereocenters. The SMILES string of the molecule is CCCCCCCN(C(=O)C(NC(=O)OC(C)(C)C)C(C)C)C(C(=O)NCCCC)c1ccccc1C. The van der Waals surface area contributed by atoms with Gasteiger partial charge in [-0.3, -0.25) is 9.59 Å². The van der Waals surface area contributed by atoms with Crippen LogP contribution in [0.5, 0.6) is 0 Å². The molecule has 0 bridgehead atoms. The van der Waals surface area contributed by atoms with E-state index in [0.29, 0.717) is 13.1 Å². The summed E-state index contributed by atoms with van der Waals surface area (Å²) in [6, 6.07) is 6.12. The third-order valence-corrected chi connectivity index (χ3v) is 6.26. The van der Waals surface area contributed by atoms with Gasteiger partial charge in [0, 0.05) is 13.1 Å². The smallest absolute Gasteiger partial charge is 0.408 e. The minimum absolute atomic E-state index is 0.190. The molecule has 1 rings (SSSR count). The van der Waals surface area contributed by atoms with Gasteiger partial charge >= 0.3 is 6.09 Å². The molecule has 1 aromatic carbocycles. The lowest BCUT2D eigenvalue weighted by Crippen LogP contribution is -2.55. The Balaban J connectivity index is 3.41. The van der Waals surface area contributed by atoms with Gasteiger partial charge in [-0.05, 0) is 57.6 Å². The lowest BCUT2D eigenvalue weighted by molar-refractivity contribution is -0.143. The van der Waals surface area contributed by atoms with E-state index in [1.807, 2.05) is 45.0 Å². The molecule has 37 heavy (non-hydrogen) atoms. The van der Waals surface area contributed by atoms with E-state index in [-0.39, 0.29) is 17.7 Å². The number of unbranched alkanes of at least 4 members (excludes halogenated alkanes) is 5. The molecule has 0 saturated heterocycles. The third kappa shape index (κ3) is 11.6. The van der Waals surface area contributed by atoms with Gasteiger partial charge in [0.2, 0.25) is 11.8 Å². The summed E-state index contributed by atoms with van der Waals surface area (Å²) in [7, 11) is 0. The number of nitrogens with one attached hydrogen (secondary N) is 2. The van der Waals surface area contributed by atoms with Crippen molar-refractivity contribution in [2.45, 2.75) is 118 Å². The van der Waals surface area contributed by atoms with Gasteiger partial charge in [0.15, 0.2) is 0 Å². The van der Waals surface area contributed by atoms with Crippen molar-refractivity contribution in [2.75, 3.05) is 13.1 Å². The Labute approximate surface area is 225 Å². The fourth-order valence-electron chi connectivity index (χ4n) is 4.21. The van der Waals surface area contributed by atoms with Crippen molar-refractivity contribution in [3.8, 4) is 0 Å². The minimum Gasteiger partial charge on any atom is -0.444 e. The van der Waals surface area contributed by atoms with Gasteiger partial charge in [0.25, 0.3) is 0 Å². The lowest BCUT2D eigenvalue weighted by atomic mass is 9.95. The largest absolute Gasteiger partial charge is 0.444 e. The zero-order valence-corrected chi connectivity index (χ0v) is 24.5. The Morgan fingerprint density at radius 1 is 0.946 bits per heavy atom. The predicted molar refractivity (Wildman–Crippen MR) is 150 cm³/mol. The second-order valence-corrected chi connectivity index (χ2v) is 11.2. The first-order valence-corrected chi connectivity index (χ1v) is 14.1. The molecule has 0 aliphatic carbocycles. The molecule has 3 amide bonds. The average molecular weight is 518 g/mol. The van der Waals surface area contributed by atoms with Gasteiger partial charge in [-0.2, -0.15) is 0 Å². The van der Waals surface area contributed by atoms with Crippen LogP contribution in [0.2, 0.25) is 0 Å². The number of amides is 3. The monoisotopic (exact) mass is 517 g/mol. The van der Waals surface area contributed by atoms with Crippen molar-refractivity contribution in [2.24, 2.45) is 5.92 Å². The van der Waals surface area contributed by atoms with Crippen LogP contribution in [-0.4, -0.2) is 47.5 Å². The number of benzene rings is 1. The molecule has 2 atom stereocenters. The Bertz CT molecular complexity index is 847. The molecule has 0 aromatic heterocycles. The summed E-state index contributed by atoms with van der Waals surface area (Å²) in [6.45, 7) is 16.3. The Morgan fingerprint density at radius 3 is 2.14 bits per heavy atom. The van der Waals surface area contributed by atoms with Crippen LogP contribution >= 0.6 is 0 Å². The van der Waals surface area contributed by atoms with Crippen LogP contribution in [0.3, 0.4) is 0 Å². The maximum Gasteiger partial charge on any atom is 0.408 e. The van der Waals surface area contributed by atoms with E-state index in [1.54, 1.807) is 25.7 Å². The third-order valence-electron chi connectivity index (χ3n) is 6.26. The quantitative estimate of drug-likeness (QED) is 0.267. The van der Waals surface area contributed by atoms with E-state index in [9.17, 15) is 14.4 Å². The first-order chi connectivity index (χ1) is 17.4. The summed E-state index contributed by atoms with van der Waals surface area (Å²) in [4.78, 5) is 42.1. The standard InChI is InChI=1S/C30H51N3O4/c1-9-11-13-14-17-21-33(28(35)25(22(3)4)32-29(36)37-30(6,7)8)26(27(34)31-20-12-10-2)24-19-16-15-18-23(24)5/h15-16,18-19,22,25-26H,9-14,17,20-21H2,1-8H3,(H,31,34)(H,32,36). The van der Waals surface area contributed by atoms with E-state index in [4.69, 9.17) is 4.74 Å². The van der Waals surface area contributed by atoms with Crippen molar-refractivity contribution in [1.29, 1.82) is 0 Å². The fourth-order valence-corrected chi connectivity index (χ4v) is 4.21. The normalized spacial score (nSPS) is 13.1. The van der Waals surface area contributed by atoms with E-state index in [1.165, 1.54) is 0 Å². The molecule has 7 heteroatoms. The number of hydrogen-bond acceptors (Lipinski definition) is 4. The molecule has 1 aromatic rings. The molecule has 0 fully saturated rings. The number of carbonyl (C=O) groups is 3. The summed E-state index contributed by atoms with van der Waals surface area (Å²) in [5.41, 5.74) is 1.07. The van der Waals surface area contributed by atoms with Crippen molar-refractivity contribution in [1.82, 2.24) is 15.5 Å². The Morgan fingerprint density at radius 2 is 1.57 bits per heavy atom. The van der Waals surface area contributed by atoms with Crippen LogP contribution in [0.1, 0.15) is 111 Å². The van der Waals surface area contributed by atoms with E-state index in [0.717, 1.165) is 56.1 Å². The highest BCUT2D eigenvalue weighted by molar-refractivity contribution is 5.92. The van der Waals surface area contributed by atoms with Gasteiger partial charge in [-0.1, -0.05) is 84.1 Å². The van der Waals surface area contributed by atoms with Crippen molar-refractivity contribution < 1.29 is 19.1 Å². The maximum absolute atomic E-state index is 14.1. The highest BCUT2D eigenvalue weighted by atomic mass is 16.6. The molecular formula is C30H51N3O4. The Kier molecular flexibility index (Phi) is 14.3. The van der Waals surface area contributed by atoms with E-state index in [2.05, 4.69) is 24.5 Å². The second-order valence-electron chi connectivity index (χ2n) is 11.2. The van der Waals surface area contributed by atoms with E-state index >= 15 is 0 Å². The topological polar surface area (TPSA) is 87.7 Å². The molecule has 0 aliphatic heterocycles. The first kappa shape index (κ1) is 32.5. The van der Waals surface area contributed by atoms with Crippen molar-refractivity contribution in [3.05, 3.63) is 35.4 Å². The molecule has 0 heterocycles. The maximum atomic E-state index is 14.1. The minimum atomic E-state index is -0.819. The van der Waals surface area contributed by atoms with Gasteiger partial charge in [0.1, 0.15) is 17.7 Å². The number of carbonyl (C=O) groups excluding carboxylic acids is 3. The van der Waals surface area contributed by atoms with Gasteiger partial charge in [-0.15, -0.1) is 0 Å².